The minimum atomic E-state index is -1.90. The summed E-state index contributed by atoms with van der Waals surface area (Å²) in [4.78, 5) is 7.34. The molecule has 0 saturated carbocycles. The number of rotatable bonds is 1. The molecule has 2 aliphatic rings. The first-order chi connectivity index (χ1) is 6.52. The molecule has 0 unspecified atom stereocenters. The van der Waals surface area contributed by atoms with Crippen LogP contribution in [-0.2, 0) is 9.47 Å². The summed E-state index contributed by atoms with van der Waals surface area (Å²) in [6.45, 7) is 1.52. The van der Waals surface area contributed by atoms with Gasteiger partial charge in [-0.05, 0) is 0 Å². The van der Waals surface area contributed by atoms with Crippen LogP contribution >= 0.6 is 11.8 Å². The summed E-state index contributed by atoms with van der Waals surface area (Å²) >= 11 is 0.122. The van der Waals surface area contributed by atoms with Crippen molar-refractivity contribution in [3.05, 3.63) is 9.00 Å². The van der Waals surface area contributed by atoms with Gasteiger partial charge in [-0.15, -0.1) is 0 Å². The van der Waals surface area contributed by atoms with Gasteiger partial charge in [-0.3, -0.25) is 0 Å². The standard InChI is InChI=1S/C7H9O2S.3CH3.Sn/c1-5-10-6-2-7(1)8-3-4-9-7;;;;/h1H,2-4,6H2;3*1H3;. The van der Waals surface area contributed by atoms with Gasteiger partial charge >= 0.3 is 94.6 Å². The fourth-order valence-corrected chi connectivity index (χ4v) is 9.50. The van der Waals surface area contributed by atoms with E-state index in [1.165, 1.54) is 0 Å². The minimum absolute atomic E-state index is 0.329. The van der Waals surface area contributed by atoms with Gasteiger partial charge in [0, 0.05) is 0 Å². The van der Waals surface area contributed by atoms with Gasteiger partial charge in [-0.2, -0.15) is 0 Å². The fourth-order valence-electron chi connectivity index (χ4n) is 1.75. The summed E-state index contributed by atoms with van der Waals surface area (Å²) < 4.78 is 13.1. The molecule has 4 heteroatoms. The molecule has 0 radical (unpaired) electrons. The fraction of sp³-hybridized carbons (Fsp3) is 0.800. The Morgan fingerprint density at radius 3 is 2.50 bits per heavy atom. The molecule has 0 amide bonds. The first-order valence-corrected chi connectivity index (χ1v) is 16.1. The van der Waals surface area contributed by atoms with E-state index in [0.29, 0.717) is 0 Å². The van der Waals surface area contributed by atoms with Crippen molar-refractivity contribution in [3.63, 3.8) is 0 Å². The number of thioether (sulfide) groups is 1. The molecule has 2 heterocycles. The molecular formula is C10H18O2SSn. The SMILES string of the molecule is [CH3][Sn]([CH3])([CH3])[C]1=CC2(CCS1)OCCO2. The van der Waals surface area contributed by atoms with Gasteiger partial charge in [-0.1, -0.05) is 0 Å². The zero-order valence-electron chi connectivity index (χ0n) is 9.13. The topological polar surface area (TPSA) is 18.5 Å². The third-order valence-corrected chi connectivity index (χ3v) is 13.4. The van der Waals surface area contributed by atoms with Crippen LogP contribution in [0.5, 0.6) is 0 Å². The van der Waals surface area contributed by atoms with Crippen LogP contribution in [0.15, 0.2) is 9.00 Å². The molecule has 0 N–H and O–H groups in total. The van der Waals surface area contributed by atoms with Gasteiger partial charge in [0.15, 0.2) is 0 Å². The van der Waals surface area contributed by atoms with Gasteiger partial charge < -0.3 is 0 Å². The van der Waals surface area contributed by atoms with Crippen LogP contribution in [0.25, 0.3) is 0 Å². The van der Waals surface area contributed by atoms with Crippen molar-refractivity contribution in [1.29, 1.82) is 0 Å². The Bertz CT molecular complexity index is 251. The quantitative estimate of drug-likeness (QED) is 0.692. The van der Waals surface area contributed by atoms with Crippen LogP contribution in [0.4, 0.5) is 0 Å². The zero-order chi connectivity index (χ0) is 10.2. The normalized spacial score (nSPS) is 26.6. The Hall–Kier alpha value is 0.809. The summed E-state index contributed by atoms with van der Waals surface area (Å²) in [7, 11) is 0. The van der Waals surface area contributed by atoms with Crippen LogP contribution in [0, 0.1) is 0 Å². The molecule has 1 fully saturated rings. The molecule has 2 aliphatic heterocycles. The second kappa shape index (κ2) is 4.00. The summed E-state index contributed by atoms with van der Waals surface area (Å²) in [5.41, 5.74) is 0. The Kier molecular flexibility index (Phi) is 3.23. The number of hydrogen-bond donors (Lipinski definition) is 0. The van der Waals surface area contributed by atoms with Gasteiger partial charge in [0.05, 0.1) is 0 Å². The first kappa shape index (κ1) is 11.3. The molecule has 80 valence electrons. The van der Waals surface area contributed by atoms with E-state index in [0.717, 1.165) is 25.4 Å². The molecule has 1 saturated heterocycles. The van der Waals surface area contributed by atoms with Gasteiger partial charge in [-0.25, -0.2) is 0 Å². The van der Waals surface area contributed by atoms with Crippen LogP contribution in [0.2, 0.25) is 14.8 Å². The summed E-state index contributed by atoms with van der Waals surface area (Å²) in [5.74, 6) is 0.824. The molecule has 1 spiro atoms. The Labute approximate surface area is 94.3 Å². The van der Waals surface area contributed by atoms with Crippen LogP contribution in [0.1, 0.15) is 6.42 Å². The maximum absolute atomic E-state index is 5.73. The Balaban J connectivity index is 2.22. The molecule has 0 aromatic carbocycles. The van der Waals surface area contributed by atoms with Crippen LogP contribution < -0.4 is 0 Å². The van der Waals surface area contributed by atoms with Crippen molar-refractivity contribution in [1.82, 2.24) is 0 Å². The van der Waals surface area contributed by atoms with Crippen molar-refractivity contribution in [2.24, 2.45) is 0 Å². The molecule has 0 atom stereocenters. The van der Waals surface area contributed by atoms with E-state index >= 15 is 0 Å². The van der Waals surface area contributed by atoms with Crippen molar-refractivity contribution in [3.8, 4) is 0 Å². The van der Waals surface area contributed by atoms with E-state index in [9.17, 15) is 0 Å². The van der Waals surface area contributed by atoms with E-state index in [2.05, 4.69) is 20.9 Å². The summed E-state index contributed by atoms with van der Waals surface area (Å²) in [6, 6.07) is 0. The molecule has 0 aromatic rings. The number of ether oxygens (including phenoxy) is 2. The van der Waals surface area contributed by atoms with Crippen molar-refractivity contribution < 1.29 is 9.47 Å². The van der Waals surface area contributed by atoms with Gasteiger partial charge in [0.2, 0.25) is 0 Å². The Morgan fingerprint density at radius 2 is 1.93 bits per heavy atom. The van der Waals surface area contributed by atoms with E-state index in [-0.39, 0.29) is 5.79 Å². The maximum atomic E-state index is 5.73. The predicted octanol–water partition coefficient (Wildman–Crippen LogP) is 2.63. The third-order valence-electron chi connectivity index (χ3n) is 2.57. The molecule has 2 rings (SSSR count). The Morgan fingerprint density at radius 1 is 1.29 bits per heavy atom. The molecule has 0 aliphatic carbocycles. The molecule has 0 bridgehead atoms. The third kappa shape index (κ3) is 2.31. The van der Waals surface area contributed by atoms with Gasteiger partial charge in [0.1, 0.15) is 0 Å². The van der Waals surface area contributed by atoms with E-state index < -0.39 is 18.4 Å². The molecule has 2 nitrogen and oxygen atoms in total. The molecular weight excluding hydrogens is 303 g/mol. The van der Waals surface area contributed by atoms with Gasteiger partial charge in [0.25, 0.3) is 0 Å². The first-order valence-electron chi connectivity index (χ1n) is 5.16. The zero-order valence-corrected chi connectivity index (χ0v) is 12.8. The molecule has 0 aromatic heterocycles. The molecule has 14 heavy (non-hydrogen) atoms. The van der Waals surface area contributed by atoms with Crippen molar-refractivity contribution >= 4 is 30.1 Å². The summed E-state index contributed by atoms with van der Waals surface area (Å²) in [6.07, 6.45) is 3.30. The monoisotopic (exact) mass is 322 g/mol. The average Bonchev–Trinajstić information content (AvgIpc) is 2.52. The van der Waals surface area contributed by atoms with E-state index in [1.807, 2.05) is 11.8 Å². The number of hydrogen-bond acceptors (Lipinski definition) is 3. The summed E-state index contributed by atoms with van der Waals surface area (Å²) in [5, 5.41) is 0. The van der Waals surface area contributed by atoms with Crippen molar-refractivity contribution in [2.45, 2.75) is 27.0 Å². The average molecular weight is 321 g/mol. The second-order valence-corrected chi connectivity index (χ2v) is 21.4. The van der Waals surface area contributed by atoms with Crippen LogP contribution in [0.3, 0.4) is 0 Å². The second-order valence-electron chi connectivity index (χ2n) is 4.87. The van der Waals surface area contributed by atoms with Crippen molar-refractivity contribution in [2.75, 3.05) is 19.0 Å². The van der Waals surface area contributed by atoms with E-state index in [4.69, 9.17) is 9.47 Å². The predicted molar refractivity (Wildman–Crippen MR) is 63.1 cm³/mol. The van der Waals surface area contributed by atoms with E-state index in [1.54, 1.807) is 2.92 Å². The van der Waals surface area contributed by atoms with Crippen LogP contribution in [-0.4, -0.2) is 43.1 Å².